The number of hydrogen-bond donors (Lipinski definition) is 0. The van der Waals surface area contributed by atoms with Crippen LogP contribution in [0, 0.1) is 0 Å². The summed E-state index contributed by atoms with van der Waals surface area (Å²) in [6, 6.07) is 10.7. The van der Waals surface area contributed by atoms with Crippen LogP contribution in [0.5, 0.6) is 11.6 Å². The molecule has 2 aliphatic rings. The number of carbonyl (C=O) groups is 2. The van der Waals surface area contributed by atoms with E-state index >= 15 is 0 Å². The van der Waals surface area contributed by atoms with Gasteiger partial charge in [-0.15, -0.1) is 5.10 Å². The van der Waals surface area contributed by atoms with Crippen molar-refractivity contribution in [2.75, 3.05) is 44.7 Å². The molecule has 0 bridgehead atoms. The van der Waals surface area contributed by atoms with Crippen LogP contribution in [0.1, 0.15) is 6.42 Å². The fourth-order valence-electron chi connectivity index (χ4n) is 3.64. The minimum absolute atomic E-state index is 0.0579. The maximum Gasteiger partial charge on any atom is 0.325 e. The molecule has 2 aromatic rings. The number of hydrogen-bond acceptors (Lipinski definition) is 6. The van der Waals surface area contributed by atoms with Gasteiger partial charge in [-0.05, 0) is 18.2 Å². The van der Waals surface area contributed by atoms with Crippen molar-refractivity contribution in [3.05, 3.63) is 42.6 Å². The predicted octanol–water partition coefficient (Wildman–Crippen LogP) is 1.41. The molecule has 29 heavy (non-hydrogen) atoms. The summed E-state index contributed by atoms with van der Waals surface area (Å²) < 4.78 is 11.1. The van der Waals surface area contributed by atoms with Crippen LogP contribution in [0.2, 0.25) is 0 Å². The summed E-state index contributed by atoms with van der Waals surface area (Å²) in [4.78, 5) is 30.5. The normalized spacial score (nSPS) is 19.0. The highest BCUT2D eigenvalue weighted by atomic mass is 16.5. The van der Waals surface area contributed by atoms with Crippen molar-refractivity contribution in [1.82, 2.24) is 20.0 Å². The van der Waals surface area contributed by atoms with Gasteiger partial charge in [0.25, 0.3) is 0 Å². The molecule has 4 rings (SSSR count). The molecule has 0 spiro atoms. The van der Waals surface area contributed by atoms with Gasteiger partial charge in [0.1, 0.15) is 18.4 Å². The average Bonchev–Trinajstić information content (AvgIpc) is 3.36. The largest absolute Gasteiger partial charge is 0.495 e. The number of para-hydroxylation sites is 2. The van der Waals surface area contributed by atoms with E-state index in [1.54, 1.807) is 40.1 Å². The molecule has 1 unspecified atom stereocenters. The summed E-state index contributed by atoms with van der Waals surface area (Å²) >= 11 is 0. The fourth-order valence-corrected chi connectivity index (χ4v) is 3.64. The van der Waals surface area contributed by atoms with Crippen LogP contribution in [-0.4, -0.2) is 77.9 Å². The van der Waals surface area contributed by atoms with Crippen molar-refractivity contribution in [1.29, 1.82) is 0 Å². The van der Waals surface area contributed by atoms with Gasteiger partial charge in [0.05, 0.1) is 19.3 Å². The maximum atomic E-state index is 12.8. The predicted molar refractivity (Wildman–Crippen MR) is 105 cm³/mol. The SMILES string of the molecule is COc1ccccc1N1CCN(CC(=O)N2CCC(Oc3cccnn3)C2)C1=O. The van der Waals surface area contributed by atoms with Crippen molar-refractivity contribution < 1.29 is 19.1 Å². The first-order chi connectivity index (χ1) is 14.2. The van der Waals surface area contributed by atoms with Gasteiger partial charge in [-0.1, -0.05) is 12.1 Å². The third-order valence-corrected chi connectivity index (χ3v) is 5.13. The third-order valence-electron chi connectivity index (χ3n) is 5.13. The Morgan fingerprint density at radius 2 is 2.03 bits per heavy atom. The van der Waals surface area contributed by atoms with Gasteiger partial charge in [-0.25, -0.2) is 4.79 Å². The minimum Gasteiger partial charge on any atom is -0.495 e. The molecule has 2 aliphatic heterocycles. The van der Waals surface area contributed by atoms with Crippen molar-refractivity contribution >= 4 is 17.6 Å². The topological polar surface area (TPSA) is 88.1 Å². The fraction of sp³-hybridized carbons (Fsp3) is 0.400. The number of nitrogens with zero attached hydrogens (tertiary/aromatic N) is 5. The summed E-state index contributed by atoms with van der Waals surface area (Å²) in [5, 5.41) is 7.70. The zero-order valence-corrected chi connectivity index (χ0v) is 16.2. The van der Waals surface area contributed by atoms with Gasteiger partial charge in [0, 0.05) is 38.3 Å². The molecule has 3 amide bonds. The molecule has 3 heterocycles. The summed E-state index contributed by atoms with van der Waals surface area (Å²) in [6.07, 6.45) is 2.19. The lowest BCUT2D eigenvalue weighted by atomic mass is 10.2. The van der Waals surface area contributed by atoms with E-state index < -0.39 is 0 Å². The van der Waals surface area contributed by atoms with E-state index in [0.717, 1.165) is 6.42 Å². The number of ether oxygens (including phenoxy) is 2. The smallest absolute Gasteiger partial charge is 0.325 e. The Bertz CT molecular complexity index is 878. The molecular weight excluding hydrogens is 374 g/mol. The summed E-state index contributed by atoms with van der Waals surface area (Å²) in [6.45, 7) is 2.15. The highest BCUT2D eigenvalue weighted by Crippen LogP contribution is 2.30. The first-order valence-electron chi connectivity index (χ1n) is 9.57. The number of amides is 3. The highest BCUT2D eigenvalue weighted by molar-refractivity contribution is 5.97. The lowest BCUT2D eigenvalue weighted by Gasteiger charge is -2.22. The Morgan fingerprint density at radius 1 is 1.17 bits per heavy atom. The van der Waals surface area contributed by atoms with Crippen LogP contribution in [0.3, 0.4) is 0 Å². The number of likely N-dealkylation sites (tertiary alicyclic amines) is 1. The average molecular weight is 397 g/mol. The van der Waals surface area contributed by atoms with Crippen LogP contribution in [-0.2, 0) is 4.79 Å². The highest BCUT2D eigenvalue weighted by Gasteiger charge is 2.35. The number of methoxy groups -OCH3 is 1. The summed E-state index contributed by atoms with van der Waals surface area (Å²) in [5.41, 5.74) is 0.716. The number of rotatable bonds is 6. The molecule has 0 N–H and O–H groups in total. The van der Waals surface area contributed by atoms with Gasteiger partial charge in [0.2, 0.25) is 11.8 Å². The van der Waals surface area contributed by atoms with E-state index in [4.69, 9.17) is 9.47 Å². The third kappa shape index (κ3) is 4.08. The quantitative estimate of drug-likeness (QED) is 0.732. The lowest BCUT2D eigenvalue weighted by Crippen LogP contribution is -2.42. The van der Waals surface area contributed by atoms with Crippen LogP contribution >= 0.6 is 0 Å². The lowest BCUT2D eigenvalue weighted by molar-refractivity contribution is -0.130. The number of aromatic nitrogens is 2. The number of urea groups is 1. The molecule has 2 fully saturated rings. The van der Waals surface area contributed by atoms with Crippen molar-refractivity contribution in [2.45, 2.75) is 12.5 Å². The first-order valence-corrected chi connectivity index (χ1v) is 9.57. The molecule has 1 atom stereocenters. The second-order valence-electron chi connectivity index (χ2n) is 6.96. The van der Waals surface area contributed by atoms with Gasteiger partial charge < -0.3 is 19.3 Å². The number of benzene rings is 1. The van der Waals surface area contributed by atoms with Gasteiger partial charge in [-0.2, -0.15) is 5.10 Å². The zero-order chi connectivity index (χ0) is 20.2. The Hall–Kier alpha value is -3.36. The number of carbonyl (C=O) groups excluding carboxylic acids is 2. The molecule has 1 aromatic carbocycles. The van der Waals surface area contributed by atoms with E-state index in [1.807, 2.05) is 24.3 Å². The zero-order valence-electron chi connectivity index (χ0n) is 16.2. The van der Waals surface area contributed by atoms with Crippen LogP contribution in [0.15, 0.2) is 42.6 Å². The molecule has 0 radical (unpaired) electrons. The van der Waals surface area contributed by atoms with Crippen LogP contribution in [0.4, 0.5) is 10.5 Å². The molecule has 9 nitrogen and oxygen atoms in total. The Kier molecular flexibility index (Phi) is 5.46. The molecule has 0 aliphatic carbocycles. The molecule has 152 valence electrons. The molecular formula is C20H23N5O4. The van der Waals surface area contributed by atoms with E-state index in [0.29, 0.717) is 43.5 Å². The Labute approximate surface area is 168 Å². The van der Waals surface area contributed by atoms with Gasteiger partial charge in [0.15, 0.2) is 0 Å². The Morgan fingerprint density at radius 3 is 2.83 bits per heavy atom. The standard InChI is InChI=1S/C20H23N5O4/c1-28-17-6-3-2-5-16(17)25-12-11-24(20(25)27)14-19(26)23-10-8-15(13-23)29-18-7-4-9-21-22-18/h2-7,9,15H,8,10-14H2,1H3. The summed E-state index contributed by atoms with van der Waals surface area (Å²) in [5.74, 6) is 1.01. The maximum absolute atomic E-state index is 12.8. The molecule has 1 aromatic heterocycles. The second kappa shape index (κ2) is 8.34. The first kappa shape index (κ1) is 19.0. The number of anilines is 1. The molecule has 0 saturated carbocycles. The van der Waals surface area contributed by atoms with Crippen LogP contribution < -0.4 is 14.4 Å². The molecule has 9 heteroatoms. The van der Waals surface area contributed by atoms with E-state index in [2.05, 4.69) is 10.2 Å². The molecule has 2 saturated heterocycles. The van der Waals surface area contributed by atoms with Crippen molar-refractivity contribution in [3.8, 4) is 11.6 Å². The summed E-state index contributed by atoms with van der Waals surface area (Å²) in [7, 11) is 1.58. The van der Waals surface area contributed by atoms with E-state index in [1.165, 1.54) is 0 Å². The van der Waals surface area contributed by atoms with E-state index in [-0.39, 0.29) is 24.6 Å². The monoisotopic (exact) mass is 397 g/mol. The van der Waals surface area contributed by atoms with Gasteiger partial charge >= 0.3 is 6.03 Å². The van der Waals surface area contributed by atoms with Crippen molar-refractivity contribution in [2.24, 2.45) is 0 Å². The minimum atomic E-state index is -0.186. The van der Waals surface area contributed by atoms with Crippen LogP contribution in [0.25, 0.3) is 0 Å². The van der Waals surface area contributed by atoms with E-state index in [9.17, 15) is 9.59 Å². The van der Waals surface area contributed by atoms with Crippen molar-refractivity contribution in [3.63, 3.8) is 0 Å². The van der Waals surface area contributed by atoms with Gasteiger partial charge in [-0.3, -0.25) is 9.69 Å². The second-order valence-corrected chi connectivity index (χ2v) is 6.96. The Balaban J connectivity index is 1.33.